The van der Waals surface area contributed by atoms with E-state index in [0.717, 1.165) is 35.8 Å². The molecule has 1 heterocycles. The van der Waals surface area contributed by atoms with Crippen LogP contribution in [0.1, 0.15) is 33.5 Å². The number of fused-ring (bicyclic) bond motifs is 2. The number of benzene rings is 2. The van der Waals surface area contributed by atoms with Crippen LogP contribution in [0.5, 0.6) is 0 Å². The van der Waals surface area contributed by atoms with Gasteiger partial charge in [0, 0.05) is 21.5 Å². The van der Waals surface area contributed by atoms with Gasteiger partial charge in [-0.3, -0.25) is 20.4 Å². The third-order valence-electron chi connectivity index (χ3n) is 4.62. The smallest absolute Gasteiger partial charge is 0.269 e. The van der Waals surface area contributed by atoms with Crippen LogP contribution in [-0.4, -0.2) is 11.8 Å². The second-order valence-electron chi connectivity index (χ2n) is 6.42. The maximum atomic E-state index is 12.2. The van der Waals surface area contributed by atoms with Crippen LogP contribution < -0.4 is 10.9 Å². The van der Waals surface area contributed by atoms with E-state index in [1.807, 2.05) is 0 Å². The predicted molar refractivity (Wildman–Crippen MR) is 99.0 cm³/mol. The number of furan rings is 1. The summed E-state index contributed by atoms with van der Waals surface area (Å²) in [5.74, 6) is -0.737. The number of amides is 2. The van der Waals surface area contributed by atoms with Gasteiger partial charge in [-0.15, -0.1) is 0 Å². The molecule has 132 valence electrons. The summed E-state index contributed by atoms with van der Waals surface area (Å²) in [6.45, 7) is 0. The summed E-state index contributed by atoms with van der Waals surface area (Å²) in [7, 11) is 0. The fraction of sp³-hybridized carbons (Fsp3) is 0.200. The van der Waals surface area contributed by atoms with Crippen molar-refractivity contribution >= 4 is 34.4 Å². The Hall–Kier alpha value is -2.79. The minimum Gasteiger partial charge on any atom is -0.464 e. The average Bonchev–Trinajstić information content (AvgIpc) is 3.24. The lowest BCUT2D eigenvalue weighted by atomic mass is 10.0. The Labute approximate surface area is 155 Å². The lowest BCUT2D eigenvalue weighted by Crippen LogP contribution is -2.42. The molecule has 2 amide bonds. The van der Waals surface area contributed by atoms with E-state index < -0.39 is 5.91 Å². The van der Waals surface area contributed by atoms with E-state index in [0.29, 0.717) is 10.6 Å². The fourth-order valence-electron chi connectivity index (χ4n) is 3.33. The molecule has 0 saturated heterocycles. The predicted octanol–water partition coefficient (Wildman–Crippen LogP) is 3.58. The fourth-order valence-corrected chi connectivity index (χ4v) is 3.52. The van der Waals surface area contributed by atoms with Crippen molar-refractivity contribution in [3.8, 4) is 0 Å². The second-order valence-corrected chi connectivity index (χ2v) is 6.86. The molecule has 0 saturated carbocycles. The largest absolute Gasteiger partial charge is 0.464 e. The standard InChI is InChI=1S/C20H17ClN2O3/c21-16-6-2-5-14(7-16)20(25)23-22-19(24)10-15-11-26-18-9-13-4-1-3-12(13)8-17(15)18/h2,5-9,11H,1,3-4,10H2,(H,22,24)(H,23,25). The topological polar surface area (TPSA) is 71.3 Å². The zero-order valence-corrected chi connectivity index (χ0v) is 14.7. The first kappa shape index (κ1) is 16.7. The quantitative estimate of drug-likeness (QED) is 0.694. The number of rotatable bonds is 3. The molecule has 1 aliphatic carbocycles. The van der Waals surface area contributed by atoms with E-state index in [4.69, 9.17) is 16.0 Å². The van der Waals surface area contributed by atoms with Crippen molar-refractivity contribution in [1.29, 1.82) is 0 Å². The number of hydrogen-bond acceptors (Lipinski definition) is 3. The number of hydrazine groups is 1. The Kier molecular flexibility index (Phi) is 4.39. The molecule has 0 unspecified atom stereocenters. The van der Waals surface area contributed by atoms with Crippen molar-refractivity contribution < 1.29 is 14.0 Å². The van der Waals surface area contributed by atoms with Crippen LogP contribution in [0.2, 0.25) is 5.02 Å². The van der Waals surface area contributed by atoms with Crippen molar-refractivity contribution in [2.45, 2.75) is 25.7 Å². The SMILES string of the molecule is O=C(Cc1coc2cc3c(cc12)CCC3)NNC(=O)c1cccc(Cl)c1. The van der Waals surface area contributed by atoms with E-state index >= 15 is 0 Å². The van der Waals surface area contributed by atoms with Gasteiger partial charge in [0.1, 0.15) is 5.58 Å². The Bertz CT molecular complexity index is 1010. The Morgan fingerprint density at radius 3 is 2.69 bits per heavy atom. The summed E-state index contributed by atoms with van der Waals surface area (Å²) in [4.78, 5) is 24.2. The first-order valence-electron chi connectivity index (χ1n) is 8.47. The minimum atomic E-state index is -0.421. The van der Waals surface area contributed by atoms with Crippen LogP contribution >= 0.6 is 11.6 Å². The molecule has 0 aliphatic heterocycles. The molecule has 2 aromatic carbocycles. The van der Waals surface area contributed by atoms with Crippen molar-refractivity contribution in [3.63, 3.8) is 0 Å². The normalized spacial score (nSPS) is 12.8. The van der Waals surface area contributed by atoms with Crippen molar-refractivity contribution in [2.24, 2.45) is 0 Å². The molecule has 6 heteroatoms. The zero-order valence-electron chi connectivity index (χ0n) is 14.0. The van der Waals surface area contributed by atoms with Gasteiger partial charge in [-0.1, -0.05) is 17.7 Å². The molecule has 1 aliphatic rings. The highest BCUT2D eigenvalue weighted by molar-refractivity contribution is 6.30. The lowest BCUT2D eigenvalue weighted by Gasteiger charge is -2.07. The molecule has 0 fully saturated rings. The molecule has 0 spiro atoms. The van der Waals surface area contributed by atoms with Gasteiger partial charge < -0.3 is 4.42 Å². The third-order valence-corrected chi connectivity index (χ3v) is 4.86. The number of nitrogens with one attached hydrogen (secondary N) is 2. The summed E-state index contributed by atoms with van der Waals surface area (Å²) in [5.41, 5.74) is 9.48. The molecule has 0 radical (unpaired) electrons. The molecule has 1 aromatic heterocycles. The summed E-state index contributed by atoms with van der Waals surface area (Å²) in [6, 6.07) is 10.7. The molecule has 26 heavy (non-hydrogen) atoms. The monoisotopic (exact) mass is 368 g/mol. The molecule has 5 nitrogen and oxygen atoms in total. The number of halogens is 1. The number of hydrogen-bond donors (Lipinski definition) is 2. The van der Waals surface area contributed by atoms with Crippen LogP contribution in [0.15, 0.2) is 47.1 Å². The zero-order chi connectivity index (χ0) is 18.1. The van der Waals surface area contributed by atoms with E-state index in [1.165, 1.54) is 17.2 Å². The van der Waals surface area contributed by atoms with Gasteiger partial charge in [-0.05, 0) is 60.7 Å². The van der Waals surface area contributed by atoms with E-state index in [9.17, 15) is 9.59 Å². The van der Waals surface area contributed by atoms with Gasteiger partial charge in [0.2, 0.25) is 5.91 Å². The Balaban J connectivity index is 1.42. The summed E-state index contributed by atoms with van der Waals surface area (Å²) < 4.78 is 5.60. The van der Waals surface area contributed by atoms with Crippen LogP contribution in [0.25, 0.3) is 11.0 Å². The summed E-state index contributed by atoms with van der Waals surface area (Å²) >= 11 is 5.86. The highest BCUT2D eigenvalue weighted by atomic mass is 35.5. The van der Waals surface area contributed by atoms with Gasteiger partial charge in [-0.2, -0.15) is 0 Å². The molecular formula is C20H17ClN2O3. The first-order chi connectivity index (χ1) is 12.6. The van der Waals surface area contributed by atoms with Crippen molar-refractivity contribution in [3.05, 3.63) is 69.9 Å². The van der Waals surface area contributed by atoms with Gasteiger partial charge >= 0.3 is 0 Å². The van der Waals surface area contributed by atoms with Gasteiger partial charge in [0.05, 0.1) is 12.7 Å². The molecule has 0 atom stereocenters. The molecule has 3 aromatic rings. The summed E-state index contributed by atoms with van der Waals surface area (Å²) in [6.07, 6.45) is 5.04. The minimum absolute atomic E-state index is 0.127. The van der Waals surface area contributed by atoms with Gasteiger partial charge in [0.25, 0.3) is 5.91 Å². The molecule has 2 N–H and O–H groups in total. The number of aryl methyl sites for hydroxylation is 2. The second kappa shape index (κ2) is 6.84. The van der Waals surface area contributed by atoms with Gasteiger partial charge in [0.15, 0.2) is 0 Å². The molecular weight excluding hydrogens is 352 g/mol. The van der Waals surface area contributed by atoms with Gasteiger partial charge in [-0.25, -0.2) is 0 Å². The molecule has 4 rings (SSSR count). The molecule has 0 bridgehead atoms. The van der Waals surface area contributed by atoms with Crippen LogP contribution in [0, 0.1) is 0 Å². The number of carbonyl (C=O) groups is 2. The van der Waals surface area contributed by atoms with E-state index in [-0.39, 0.29) is 12.3 Å². The van der Waals surface area contributed by atoms with Crippen molar-refractivity contribution in [2.75, 3.05) is 0 Å². The number of carbonyl (C=O) groups excluding carboxylic acids is 2. The Morgan fingerprint density at radius 1 is 1.08 bits per heavy atom. The lowest BCUT2D eigenvalue weighted by molar-refractivity contribution is -0.121. The van der Waals surface area contributed by atoms with E-state index in [2.05, 4.69) is 23.0 Å². The maximum Gasteiger partial charge on any atom is 0.269 e. The Morgan fingerprint density at radius 2 is 1.88 bits per heavy atom. The van der Waals surface area contributed by atoms with E-state index in [1.54, 1.807) is 24.5 Å². The maximum absolute atomic E-state index is 12.2. The summed E-state index contributed by atoms with van der Waals surface area (Å²) in [5, 5.41) is 1.42. The third kappa shape index (κ3) is 3.30. The highest BCUT2D eigenvalue weighted by Gasteiger charge is 2.17. The van der Waals surface area contributed by atoms with Crippen LogP contribution in [0.4, 0.5) is 0 Å². The van der Waals surface area contributed by atoms with Crippen LogP contribution in [-0.2, 0) is 24.1 Å². The highest BCUT2D eigenvalue weighted by Crippen LogP contribution is 2.30. The van der Waals surface area contributed by atoms with Crippen molar-refractivity contribution in [1.82, 2.24) is 10.9 Å². The first-order valence-corrected chi connectivity index (χ1v) is 8.84. The average molecular weight is 369 g/mol. The van der Waals surface area contributed by atoms with Crippen LogP contribution in [0.3, 0.4) is 0 Å².